The molecule has 2 nitrogen and oxygen atoms in total. The topological polar surface area (TPSA) is 15.3 Å². The van der Waals surface area contributed by atoms with Crippen LogP contribution in [-0.4, -0.2) is 25.7 Å². The summed E-state index contributed by atoms with van der Waals surface area (Å²) in [5, 5.41) is 3.59. The first-order chi connectivity index (χ1) is 9.90. The highest BCUT2D eigenvalue weighted by Crippen LogP contribution is 2.35. The number of rotatable bonds is 4. The van der Waals surface area contributed by atoms with Crippen molar-refractivity contribution in [2.75, 3.05) is 24.5 Å². The molecule has 118 valence electrons. The molecule has 2 rings (SSSR count). The lowest BCUT2D eigenvalue weighted by Gasteiger charge is -2.34. The molecule has 0 spiro atoms. The van der Waals surface area contributed by atoms with Gasteiger partial charge in [-0.05, 0) is 44.0 Å². The molecular formula is C15H20ClF3N2. The van der Waals surface area contributed by atoms with Crippen LogP contribution in [0.25, 0.3) is 0 Å². The normalized spacial score (nSPS) is 17.3. The van der Waals surface area contributed by atoms with Gasteiger partial charge in [-0.3, -0.25) is 0 Å². The Morgan fingerprint density at radius 1 is 1.24 bits per heavy atom. The van der Waals surface area contributed by atoms with E-state index < -0.39 is 11.7 Å². The Balaban J connectivity index is 2.05. The maximum absolute atomic E-state index is 12.8. The van der Waals surface area contributed by atoms with Crippen LogP contribution in [0.2, 0.25) is 5.02 Å². The van der Waals surface area contributed by atoms with Crippen LogP contribution in [0.5, 0.6) is 0 Å². The average molecular weight is 321 g/mol. The molecule has 1 aromatic carbocycles. The number of hydrogen-bond acceptors (Lipinski definition) is 2. The van der Waals surface area contributed by atoms with Gasteiger partial charge in [0, 0.05) is 29.8 Å². The second-order valence-electron chi connectivity index (χ2n) is 5.41. The van der Waals surface area contributed by atoms with E-state index in [1.807, 2.05) is 4.90 Å². The van der Waals surface area contributed by atoms with Crippen LogP contribution < -0.4 is 10.2 Å². The second kappa shape index (κ2) is 6.88. The molecule has 1 aromatic rings. The van der Waals surface area contributed by atoms with E-state index in [1.165, 1.54) is 6.07 Å². The van der Waals surface area contributed by atoms with Gasteiger partial charge < -0.3 is 10.2 Å². The van der Waals surface area contributed by atoms with Crippen molar-refractivity contribution < 1.29 is 13.2 Å². The van der Waals surface area contributed by atoms with Crippen LogP contribution in [0.4, 0.5) is 18.9 Å². The standard InChI is InChI=1S/C15H20ClF3N2/c1-2-5-20-13-3-6-21(7-4-13)14-9-11(15(17,18)19)8-12(16)10-14/h8-10,13,20H,2-7H2,1H3. The number of benzene rings is 1. The molecular weight excluding hydrogens is 301 g/mol. The molecule has 1 fully saturated rings. The Morgan fingerprint density at radius 2 is 1.90 bits per heavy atom. The number of nitrogens with one attached hydrogen (secondary N) is 1. The lowest BCUT2D eigenvalue weighted by atomic mass is 10.0. The molecule has 1 aliphatic heterocycles. The van der Waals surface area contributed by atoms with Crippen molar-refractivity contribution in [3.05, 3.63) is 28.8 Å². The van der Waals surface area contributed by atoms with E-state index in [0.29, 0.717) is 11.7 Å². The SMILES string of the molecule is CCCNC1CCN(c2cc(Cl)cc(C(F)(F)F)c2)CC1. The minimum Gasteiger partial charge on any atom is -0.371 e. The summed E-state index contributed by atoms with van der Waals surface area (Å²) in [6.07, 6.45) is -1.40. The van der Waals surface area contributed by atoms with Crippen LogP contribution in [0.1, 0.15) is 31.7 Å². The Morgan fingerprint density at radius 3 is 2.48 bits per heavy atom. The van der Waals surface area contributed by atoms with E-state index in [2.05, 4.69) is 12.2 Å². The number of piperidine rings is 1. The maximum Gasteiger partial charge on any atom is 0.416 e. The number of hydrogen-bond donors (Lipinski definition) is 1. The molecule has 0 bridgehead atoms. The zero-order valence-electron chi connectivity index (χ0n) is 12.0. The first-order valence-corrected chi connectivity index (χ1v) is 7.64. The maximum atomic E-state index is 12.8. The Kier molecular flexibility index (Phi) is 5.38. The van der Waals surface area contributed by atoms with E-state index in [9.17, 15) is 13.2 Å². The minimum absolute atomic E-state index is 0.131. The van der Waals surface area contributed by atoms with E-state index in [-0.39, 0.29) is 5.02 Å². The molecule has 1 N–H and O–H groups in total. The fourth-order valence-corrected chi connectivity index (χ4v) is 2.84. The number of halogens is 4. The van der Waals surface area contributed by atoms with E-state index in [4.69, 9.17) is 11.6 Å². The highest BCUT2D eigenvalue weighted by molar-refractivity contribution is 6.30. The second-order valence-corrected chi connectivity index (χ2v) is 5.85. The van der Waals surface area contributed by atoms with Gasteiger partial charge in [0.1, 0.15) is 0 Å². The molecule has 0 saturated carbocycles. The fraction of sp³-hybridized carbons (Fsp3) is 0.600. The van der Waals surface area contributed by atoms with Crippen molar-refractivity contribution in [2.45, 2.75) is 38.4 Å². The van der Waals surface area contributed by atoms with Crippen molar-refractivity contribution in [3.63, 3.8) is 0 Å². The van der Waals surface area contributed by atoms with Gasteiger partial charge in [-0.2, -0.15) is 13.2 Å². The van der Waals surface area contributed by atoms with Crippen LogP contribution in [-0.2, 0) is 6.18 Å². The molecule has 0 atom stereocenters. The number of nitrogens with zero attached hydrogens (tertiary/aromatic N) is 1. The lowest BCUT2D eigenvalue weighted by Crippen LogP contribution is -2.42. The van der Waals surface area contributed by atoms with E-state index >= 15 is 0 Å². The van der Waals surface area contributed by atoms with Crippen molar-refractivity contribution in [3.8, 4) is 0 Å². The third-order valence-corrected chi connectivity index (χ3v) is 3.97. The molecule has 1 heterocycles. The zero-order chi connectivity index (χ0) is 15.5. The molecule has 1 aliphatic rings. The summed E-state index contributed by atoms with van der Waals surface area (Å²) in [5.41, 5.74) is -0.125. The van der Waals surface area contributed by atoms with Crippen molar-refractivity contribution in [1.82, 2.24) is 5.32 Å². The van der Waals surface area contributed by atoms with Crippen molar-refractivity contribution in [2.24, 2.45) is 0 Å². The van der Waals surface area contributed by atoms with Crippen LogP contribution >= 0.6 is 11.6 Å². The third-order valence-electron chi connectivity index (χ3n) is 3.75. The average Bonchev–Trinajstić information content (AvgIpc) is 2.44. The van der Waals surface area contributed by atoms with Gasteiger partial charge in [-0.25, -0.2) is 0 Å². The van der Waals surface area contributed by atoms with Gasteiger partial charge in [-0.15, -0.1) is 0 Å². The Bertz CT molecular complexity index is 468. The van der Waals surface area contributed by atoms with Gasteiger partial charge in [0.2, 0.25) is 0 Å². The summed E-state index contributed by atoms with van der Waals surface area (Å²) in [4.78, 5) is 1.98. The molecule has 21 heavy (non-hydrogen) atoms. The predicted molar refractivity (Wildman–Crippen MR) is 80.0 cm³/mol. The highest BCUT2D eigenvalue weighted by atomic mass is 35.5. The molecule has 0 aliphatic carbocycles. The van der Waals surface area contributed by atoms with Crippen molar-refractivity contribution in [1.29, 1.82) is 0 Å². The summed E-state index contributed by atoms with van der Waals surface area (Å²) in [7, 11) is 0. The summed E-state index contributed by atoms with van der Waals surface area (Å²) in [6, 6.07) is 4.23. The van der Waals surface area contributed by atoms with E-state index in [1.54, 1.807) is 6.07 Å². The minimum atomic E-state index is -4.36. The monoisotopic (exact) mass is 320 g/mol. The Labute approximate surface area is 128 Å². The van der Waals surface area contributed by atoms with Gasteiger partial charge in [0.05, 0.1) is 5.56 Å². The summed E-state index contributed by atoms with van der Waals surface area (Å²) < 4.78 is 38.5. The molecule has 0 unspecified atom stereocenters. The molecule has 0 aromatic heterocycles. The van der Waals surface area contributed by atoms with Gasteiger partial charge in [0.25, 0.3) is 0 Å². The van der Waals surface area contributed by atoms with Gasteiger partial charge >= 0.3 is 6.18 Å². The lowest BCUT2D eigenvalue weighted by molar-refractivity contribution is -0.137. The van der Waals surface area contributed by atoms with E-state index in [0.717, 1.165) is 45.0 Å². The predicted octanol–water partition coefficient (Wildman–Crippen LogP) is 4.33. The Hall–Kier alpha value is -0.940. The molecule has 0 radical (unpaired) electrons. The number of anilines is 1. The summed E-state index contributed by atoms with van der Waals surface area (Å²) in [5.74, 6) is 0. The quantitative estimate of drug-likeness (QED) is 0.888. The first-order valence-electron chi connectivity index (χ1n) is 7.26. The fourth-order valence-electron chi connectivity index (χ4n) is 2.61. The highest BCUT2D eigenvalue weighted by Gasteiger charge is 2.32. The van der Waals surface area contributed by atoms with Crippen molar-refractivity contribution >= 4 is 17.3 Å². The molecule has 0 amide bonds. The largest absolute Gasteiger partial charge is 0.416 e. The van der Waals surface area contributed by atoms with Crippen LogP contribution in [0, 0.1) is 0 Å². The molecule has 1 saturated heterocycles. The summed E-state index contributed by atoms with van der Waals surface area (Å²) >= 11 is 5.83. The van der Waals surface area contributed by atoms with Crippen LogP contribution in [0.3, 0.4) is 0 Å². The summed E-state index contributed by atoms with van der Waals surface area (Å²) in [6.45, 7) is 4.60. The third kappa shape index (κ3) is 4.51. The van der Waals surface area contributed by atoms with Crippen LogP contribution in [0.15, 0.2) is 18.2 Å². The first kappa shape index (κ1) is 16.4. The number of alkyl halides is 3. The van der Waals surface area contributed by atoms with Gasteiger partial charge in [-0.1, -0.05) is 18.5 Å². The smallest absolute Gasteiger partial charge is 0.371 e. The zero-order valence-corrected chi connectivity index (χ0v) is 12.8. The molecule has 6 heteroatoms. The van der Waals surface area contributed by atoms with Gasteiger partial charge in [0.15, 0.2) is 0 Å².